The summed E-state index contributed by atoms with van der Waals surface area (Å²) in [5.41, 5.74) is 2.79. The van der Waals surface area contributed by atoms with Crippen molar-refractivity contribution in [3.63, 3.8) is 0 Å². The van der Waals surface area contributed by atoms with Crippen molar-refractivity contribution < 1.29 is 0 Å². The maximum atomic E-state index is 2.40. The second-order valence-electron chi connectivity index (χ2n) is 5.87. The van der Waals surface area contributed by atoms with Crippen LogP contribution in [0.4, 0.5) is 0 Å². The van der Waals surface area contributed by atoms with Crippen LogP contribution in [-0.4, -0.2) is 0 Å². The van der Waals surface area contributed by atoms with Gasteiger partial charge in [0.2, 0.25) is 0 Å². The van der Waals surface area contributed by atoms with Gasteiger partial charge in [-0.2, -0.15) is 0 Å². The van der Waals surface area contributed by atoms with Gasteiger partial charge < -0.3 is 0 Å². The number of rotatable bonds is 11. The molecule has 112 valence electrons. The first-order chi connectivity index (χ1) is 9.84. The molecule has 0 radical (unpaired) electrons. The zero-order valence-electron chi connectivity index (χ0n) is 13.5. The lowest BCUT2D eigenvalue weighted by molar-refractivity contribution is 0.566. The van der Waals surface area contributed by atoms with Crippen LogP contribution in [-0.2, 0) is 0 Å². The molecule has 1 aromatic rings. The van der Waals surface area contributed by atoms with Crippen LogP contribution < -0.4 is 0 Å². The molecule has 0 heterocycles. The van der Waals surface area contributed by atoms with E-state index in [2.05, 4.69) is 50.3 Å². The quantitative estimate of drug-likeness (QED) is 0.380. The van der Waals surface area contributed by atoms with E-state index < -0.39 is 0 Å². The minimum atomic E-state index is 1.23. The van der Waals surface area contributed by atoms with E-state index in [1.54, 1.807) is 0 Å². The van der Waals surface area contributed by atoms with Crippen molar-refractivity contribution in [3.8, 4) is 0 Å². The maximum absolute atomic E-state index is 2.40. The third-order valence-electron chi connectivity index (χ3n) is 3.99. The molecule has 0 saturated carbocycles. The summed E-state index contributed by atoms with van der Waals surface area (Å²) in [5, 5.41) is 0. The number of hydrogen-bond donors (Lipinski definition) is 0. The summed E-state index contributed by atoms with van der Waals surface area (Å²) in [6.07, 6.45) is 16.3. The lowest BCUT2D eigenvalue weighted by atomic mass is 10.0. The first kappa shape index (κ1) is 17.0. The average Bonchev–Trinajstić information content (AvgIpc) is 2.50. The molecule has 0 saturated heterocycles. The molecule has 0 amide bonds. The number of benzene rings is 1. The zero-order chi connectivity index (χ0) is 14.5. The van der Waals surface area contributed by atoms with Crippen molar-refractivity contribution in [2.45, 2.75) is 78.1 Å². The molecule has 0 spiro atoms. The molecule has 0 nitrogen and oxygen atoms in total. The lowest BCUT2D eigenvalue weighted by Crippen LogP contribution is -1.82. The Labute approximate surface area is 126 Å². The van der Waals surface area contributed by atoms with E-state index in [9.17, 15) is 0 Å². The third-order valence-corrected chi connectivity index (χ3v) is 3.99. The molecule has 0 atom stereocenters. The van der Waals surface area contributed by atoms with Crippen LogP contribution in [0, 0.1) is 0 Å². The summed E-state index contributed by atoms with van der Waals surface area (Å²) in [4.78, 5) is 0. The molecule has 0 aliphatic carbocycles. The molecule has 0 N–H and O–H groups in total. The standard InChI is InChI=1S/C20H32/c1-3-4-5-6-7-8-9-10-11-13-16-19(2)20-17-14-12-15-18-20/h12,14-18H,3-11,13H2,1-2H3. The summed E-state index contributed by atoms with van der Waals surface area (Å²) in [5.74, 6) is 0. The molecule has 0 aliphatic heterocycles. The van der Waals surface area contributed by atoms with E-state index in [0.29, 0.717) is 0 Å². The fraction of sp³-hybridized carbons (Fsp3) is 0.600. The normalized spacial score (nSPS) is 11.8. The second-order valence-corrected chi connectivity index (χ2v) is 5.87. The highest BCUT2D eigenvalue weighted by Gasteiger charge is 1.94. The largest absolute Gasteiger partial charge is 0.0810 e. The summed E-state index contributed by atoms with van der Waals surface area (Å²) in [6.45, 7) is 4.51. The highest BCUT2D eigenvalue weighted by Crippen LogP contribution is 2.15. The molecular formula is C20H32. The van der Waals surface area contributed by atoms with Crippen molar-refractivity contribution in [2.24, 2.45) is 0 Å². The van der Waals surface area contributed by atoms with Crippen molar-refractivity contribution in [1.82, 2.24) is 0 Å². The summed E-state index contributed by atoms with van der Waals surface area (Å²) >= 11 is 0. The second kappa shape index (κ2) is 11.8. The van der Waals surface area contributed by atoms with Gasteiger partial charge in [-0.05, 0) is 30.9 Å². The lowest BCUT2D eigenvalue weighted by Gasteiger charge is -2.02. The van der Waals surface area contributed by atoms with Crippen molar-refractivity contribution in [3.05, 3.63) is 42.0 Å². The van der Waals surface area contributed by atoms with Crippen LogP contribution in [0.25, 0.3) is 5.57 Å². The van der Waals surface area contributed by atoms with Gasteiger partial charge in [0.15, 0.2) is 0 Å². The predicted molar refractivity (Wildman–Crippen MR) is 91.9 cm³/mol. The van der Waals surface area contributed by atoms with E-state index in [1.807, 2.05) is 0 Å². The zero-order valence-corrected chi connectivity index (χ0v) is 13.5. The van der Waals surface area contributed by atoms with Gasteiger partial charge in [0.05, 0.1) is 0 Å². The van der Waals surface area contributed by atoms with Gasteiger partial charge in [0.25, 0.3) is 0 Å². The van der Waals surface area contributed by atoms with Crippen LogP contribution in [0.5, 0.6) is 0 Å². The predicted octanol–water partition coefficient (Wildman–Crippen LogP) is 7.01. The minimum Gasteiger partial charge on any atom is -0.0810 e. The highest BCUT2D eigenvalue weighted by atomic mass is 14.0. The van der Waals surface area contributed by atoms with E-state index in [0.717, 1.165) is 0 Å². The van der Waals surface area contributed by atoms with Gasteiger partial charge >= 0.3 is 0 Å². The van der Waals surface area contributed by atoms with E-state index in [-0.39, 0.29) is 0 Å². The molecule has 0 bridgehead atoms. The van der Waals surface area contributed by atoms with Crippen molar-refractivity contribution in [1.29, 1.82) is 0 Å². The van der Waals surface area contributed by atoms with Crippen LogP contribution in [0.15, 0.2) is 36.4 Å². The van der Waals surface area contributed by atoms with Crippen molar-refractivity contribution in [2.75, 3.05) is 0 Å². The van der Waals surface area contributed by atoms with Gasteiger partial charge in [-0.15, -0.1) is 0 Å². The van der Waals surface area contributed by atoms with E-state index >= 15 is 0 Å². The first-order valence-corrected chi connectivity index (χ1v) is 8.56. The molecule has 0 aliphatic rings. The summed E-state index contributed by atoms with van der Waals surface area (Å²) in [6, 6.07) is 10.7. The molecule has 20 heavy (non-hydrogen) atoms. The molecule has 1 aromatic carbocycles. The molecule has 0 heteroatoms. The average molecular weight is 272 g/mol. The maximum Gasteiger partial charge on any atom is -0.0231 e. The SMILES string of the molecule is CCCCCCCCCCCC=C(C)c1ccccc1. The Kier molecular flexibility index (Phi) is 10.0. The Morgan fingerprint density at radius 3 is 1.95 bits per heavy atom. The fourth-order valence-corrected chi connectivity index (χ4v) is 2.59. The Bertz CT molecular complexity index is 348. The van der Waals surface area contributed by atoms with Crippen molar-refractivity contribution >= 4 is 5.57 Å². The van der Waals surface area contributed by atoms with Gasteiger partial charge in [-0.3, -0.25) is 0 Å². The first-order valence-electron chi connectivity index (χ1n) is 8.56. The molecular weight excluding hydrogens is 240 g/mol. The van der Waals surface area contributed by atoms with Gasteiger partial charge in [0, 0.05) is 0 Å². The summed E-state index contributed by atoms with van der Waals surface area (Å²) in [7, 11) is 0. The Morgan fingerprint density at radius 2 is 1.35 bits per heavy atom. The smallest absolute Gasteiger partial charge is 0.0231 e. The van der Waals surface area contributed by atoms with Crippen LogP contribution >= 0.6 is 0 Å². The minimum absolute atomic E-state index is 1.23. The monoisotopic (exact) mass is 272 g/mol. The number of allylic oxidation sites excluding steroid dienone is 2. The fourth-order valence-electron chi connectivity index (χ4n) is 2.59. The summed E-state index contributed by atoms with van der Waals surface area (Å²) < 4.78 is 0. The van der Waals surface area contributed by atoms with Crippen LogP contribution in [0.3, 0.4) is 0 Å². The van der Waals surface area contributed by atoms with E-state index in [4.69, 9.17) is 0 Å². The highest BCUT2D eigenvalue weighted by molar-refractivity contribution is 5.63. The van der Waals surface area contributed by atoms with Gasteiger partial charge in [-0.1, -0.05) is 94.7 Å². The molecule has 0 aromatic heterocycles. The Balaban J connectivity index is 1.99. The van der Waals surface area contributed by atoms with Gasteiger partial charge in [-0.25, -0.2) is 0 Å². The molecule has 0 unspecified atom stereocenters. The molecule has 0 fully saturated rings. The third kappa shape index (κ3) is 8.19. The Morgan fingerprint density at radius 1 is 0.800 bits per heavy atom. The van der Waals surface area contributed by atoms with Crippen LogP contribution in [0.2, 0.25) is 0 Å². The number of unbranched alkanes of at least 4 members (excludes halogenated alkanes) is 9. The van der Waals surface area contributed by atoms with E-state index in [1.165, 1.54) is 75.3 Å². The van der Waals surface area contributed by atoms with Gasteiger partial charge in [0.1, 0.15) is 0 Å². The number of hydrogen-bond acceptors (Lipinski definition) is 0. The van der Waals surface area contributed by atoms with Crippen LogP contribution in [0.1, 0.15) is 83.6 Å². The topological polar surface area (TPSA) is 0 Å². The Hall–Kier alpha value is -1.04. The molecule has 1 rings (SSSR count).